The minimum absolute atomic E-state index is 0.0302. The molecule has 0 fully saturated rings. The molecule has 240 valence electrons. The van der Waals surface area contributed by atoms with Crippen molar-refractivity contribution in [3.8, 4) is 5.75 Å². The van der Waals surface area contributed by atoms with Crippen LogP contribution in [0, 0.1) is 5.92 Å². The van der Waals surface area contributed by atoms with E-state index in [1.54, 1.807) is 53.4 Å². The molecular formula is C32H33ClN6O4S3. The van der Waals surface area contributed by atoms with E-state index in [9.17, 15) is 13.2 Å². The third-order valence-electron chi connectivity index (χ3n) is 6.77. The number of carbonyl (C=O) groups is 1. The van der Waals surface area contributed by atoms with E-state index in [1.807, 2.05) is 24.3 Å². The Labute approximate surface area is 281 Å². The summed E-state index contributed by atoms with van der Waals surface area (Å²) in [6.07, 6.45) is 1.82. The fraction of sp³-hybridized carbons (Fsp3) is 0.281. The van der Waals surface area contributed by atoms with Gasteiger partial charge in [0.05, 0.1) is 27.8 Å². The number of nitrogens with zero attached hydrogens (tertiary/aromatic N) is 4. The van der Waals surface area contributed by atoms with Gasteiger partial charge in [0.2, 0.25) is 0 Å². The number of aryl methyl sites for hydroxylation is 1. The lowest BCUT2D eigenvalue weighted by Crippen LogP contribution is -2.13. The number of halogens is 1. The summed E-state index contributed by atoms with van der Waals surface area (Å²) in [6.45, 7) is 4.43. The second-order valence-electron chi connectivity index (χ2n) is 10.9. The maximum absolute atomic E-state index is 13.5. The minimum Gasteiger partial charge on any atom is -0.483 e. The summed E-state index contributed by atoms with van der Waals surface area (Å²) >= 11 is 9.20. The van der Waals surface area contributed by atoms with Crippen LogP contribution in [0.1, 0.15) is 52.7 Å². The van der Waals surface area contributed by atoms with Gasteiger partial charge in [0.1, 0.15) is 17.4 Å². The molecule has 2 heterocycles. The molecule has 14 heteroatoms. The van der Waals surface area contributed by atoms with E-state index in [1.165, 1.54) is 12.1 Å². The molecule has 0 unspecified atom stereocenters. The van der Waals surface area contributed by atoms with Gasteiger partial charge in [-0.25, -0.2) is 18.5 Å². The van der Waals surface area contributed by atoms with E-state index in [0.717, 1.165) is 33.3 Å². The zero-order valence-corrected chi connectivity index (χ0v) is 28.5. The van der Waals surface area contributed by atoms with Crippen LogP contribution in [0.4, 0.5) is 5.69 Å². The van der Waals surface area contributed by atoms with E-state index < -0.39 is 9.84 Å². The largest absolute Gasteiger partial charge is 0.483 e. The molecule has 10 nitrogen and oxygen atoms in total. The lowest BCUT2D eigenvalue weighted by atomic mass is 10.1. The highest BCUT2D eigenvalue weighted by Gasteiger charge is 2.16. The highest BCUT2D eigenvalue weighted by atomic mass is 35.5. The second-order valence-corrected chi connectivity index (χ2v) is 15.5. The summed E-state index contributed by atoms with van der Waals surface area (Å²) in [4.78, 5) is 19.4. The predicted molar refractivity (Wildman–Crippen MR) is 181 cm³/mol. The molecule has 2 aromatic heterocycles. The quantitative estimate of drug-likeness (QED) is 0.110. The summed E-state index contributed by atoms with van der Waals surface area (Å²) < 4.78 is 31.5. The molecule has 0 aliphatic carbocycles. The van der Waals surface area contributed by atoms with Crippen LogP contribution in [0.25, 0.3) is 0 Å². The number of H-pyrrole nitrogens is 1. The minimum atomic E-state index is -3.47. The van der Waals surface area contributed by atoms with Crippen molar-refractivity contribution < 1.29 is 17.9 Å². The van der Waals surface area contributed by atoms with Gasteiger partial charge < -0.3 is 10.1 Å². The molecule has 2 N–H and O–H groups in total. The van der Waals surface area contributed by atoms with E-state index in [-0.39, 0.29) is 23.2 Å². The van der Waals surface area contributed by atoms with Gasteiger partial charge in [-0.2, -0.15) is 0 Å². The number of tetrazole rings is 1. The molecule has 0 spiro atoms. The van der Waals surface area contributed by atoms with Gasteiger partial charge in [-0.15, -0.1) is 28.2 Å². The standard InChI is InChI=1S/C32H33ClN6O4S3/c1-21(2)15-25-19-45-31(34-25)20-44-26-7-3-6-23(17-26)32(40)35-28-16-22(8-13-29(28)43-18-30-36-38-39-37-30)5-4-14-46(41,42)27-11-9-24(33)10-12-27/h3,6-13,16-17,19,21H,4-5,14-15,18,20H2,1-2H3,(H,35,40)(H,36,37,38,39). The van der Waals surface area contributed by atoms with Crippen LogP contribution in [0.2, 0.25) is 5.02 Å². The van der Waals surface area contributed by atoms with Crippen LogP contribution in [0.5, 0.6) is 5.75 Å². The molecule has 0 aliphatic rings. The maximum Gasteiger partial charge on any atom is 0.255 e. The van der Waals surface area contributed by atoms with Crippen LogP contribution >= 0.6 is 34.7 Å². The number of hydrogen-bond donors (Lipinski definition) is 2. The lowest BCUT2D eigenvalue weighted by Gasteiger charge is -2.14. The van der Waals surface area contributed by atoms with Crippen LogP contribution in [0.15, 0.2) is 81.9 Å². The van der Waals surface area contributed by atoms with Crippen LogP contribution < -0.4 is 10.1 Å². The molecule has 0 radical (unpaired) electrons. The molecule has 0 bridgehead atoms. The van der Waals surface area contributed by atoms with Gasteiger partial charge >= 0.3 is 0 Å². The number of ether oxygens (including phenoxy) is 1. The zero-order chi connectivity index (χ0) is 32.5. The van der Waals surface area contributed by atoms with Crippen molar-refractivity contribution in [3.05, 3.63) is 105 Å². The van der Waals surface area contributed by atoms with Crippen molar-refractivity contribution in [2.24, 2.45) is 5.92 Å². The first-order valence-electron chi connectivity index (χ1n) is 14.6. The number of carbonyl (C=O) groups excluding carboxylic acids is 1. The third-order valence-corrected chi connectivity index (χ3v) is 10.9. The number of thioether (sulfide) groups is 1. The molecule has 0 saturated heterocycles. The van der Waals surface area contributed by atoms with Crippen molar-refractivity contribution in [2.75, 3.05) is 11.1 Å². The lowest BCUT2D eigenvalue weighted by molar-refractivity contribution is 0.102. The number of aromatic nitrogens is 5. The molecule has 0 atom stereocenters. The van der Waals surface area contributed by atoms with Crippen LogP contribution in [-0.2, 0) is 35.0 Å². The monoisotopic (exact) mass is 696 g/mol. The fourth-order valence-corrected chi connectivity index (χ4v) is 7.78. The number of benzene rings is 3. The smallest absolute Gasteiger partial charge is 0.255 e. The number of rotatable bonds is 15. The van der Waals surface area contributed by atoms with Crippen molar-refractivity contribution >= 4 is 56.1 Å². The summed E-state index contributed by atoms with van der Waals surface area (Å²) in [5.74, 6) is 1.79. The number of sulfone groups is 1. The summed E-state index contributed by atoms with van der Waals surface area (Å²) in [7, 11) is -3.47. The van der Waals surface area contributed by atoms with E-state index in [0.29, 0.717) is 46.6 Å². The Kier molecular flexibility index (Phi) is 11.4. The molecule has 3 aromatic carbocycles. The Morgan fingerprint density at radius 1 is 1.11 bits per heavy atom. The number of thiazole rings is 1. The molecule has 5 rings (SSSR count). The van der Waals surface area contributed by atoms with Crippen LogP contribution in [0.3, 0.4) is 0 Å². The Hall–Kier alpha value is -3.78. The highest BCUT2D eigenvalue weighted by Crippen LogP contribution is 2.30. The van der Waals surface area contributed by atoms with Crippen molar-refractivity contribution in [1.29, 1.82) is 0 Å². The van der Waals surface area contributed by atoms with Crippen molar-refractivity contribution in [3.63, 3.8) is 0 Å². The van der Waals surface area contributed by atoms with Gasteiger partial charge in [-0.3, -0.25) is 4.79 Å². The number of aromatic amines is 1. The average molecular weight is 697 g/mol. The van der Waals surface area contributed by atoms with Gasteiger partial charge in [0, 0.05) is 20.9 Å². The zero-order valence-electron chi connectivity index (χ0n) is 25.3. The maximum atomic E-state index is 13.5. The first-order chi connectivity index (χ1) is 22.1. The molecule has 5 aromatic rings. The topological polar surface area (TPSA) is 140 Å². The normalized spacial score (nSPS) is 11.6. The number of anilines is 1. The number of amides is 1. The van der Waals surface area contributed by atoms with Gasteiger partial charge in [0.15, 0.2) is 15.7 Å². The molecule has 1 amide bonds. The fourth-order valence-electron chi connectivity index (χ4n) is 4.56. The molecule has 46 heavy (non-hydrogen) atoms. The van der Waals surface area contributed by atoms with Gasteiger partial charge in [0.25, 0.3) is 5.91 Å². The first-order valence-corrected chi connectivity index (χ1v) is 18.5. The van der Waals surface area contributed by atoms with Crippen LogP contribution in [-0.4, -0.2) is 45.7 Å². The Balaban J connectivity index is 1.26. The van der Waals surface area contributed by atoms with Gasteiger partial charge in [-0.1, -0.05) is 37.6 Å². The Bertz CT molecular complexity index is 1860. The average Bonchev–Trinajstić information content (AvgIpc) is 3.72. The summed E-state index contributed by atoms with van der Waals surface area (Å²) in [6, 6.07) is 19.0. The first kappa shape index (κ1) is 33.6. The molecule has 0 saturated carbocycles. The van der Waals surface area contributed by atoms with E-state index >= 15 is 0 Å². The third kappa shape index (κ3) is 9.61. The Morgan fingerprint density at radius 3 is 2.70 bits per heavy atom. The Morgan fingerprint density at radius 2 is 1.93 bits per heavy atom. The number of hydrogen-bond acceptors (Lipinski definition) is 10. The van der Waals surface area contributed by atoms with Crippen molar-refractivity contribution in [1.82, 2.24) is 25.6 Å². The van der Waals surface area contributed by atoms with E-state index in [4.69, 9.17) is 21.3 Å². The molecule has 0 aliphatic heterocycles. The predicted octanol–water partition coefficient (Wildman–Crippen LogP) is 7.04. The summed E-state index contributed by atoms with van der Waals surface area (Å²) in [5, 5.41) is 20.2. The second kappa shape index (κ2) is 15.7. The number of nitrogens with one attached hydrogen (secondary N) is 2. The summed E-state index contributed by atoms with van der Waals surface area (Å²) in [5.41, 5.74) is 2.91. The van der Waals surface area contributed by atoms with E-state index in [2.05, 4.69) is 45.2 Å². The molecular weight excluding hydrogens is 664 g/mol. The SMILES string of the molecule is CC(C)Cc1csc(CSc2cccc(C(=O)Nc3cc(CCCS(=O)(=O)c4ccc(Cl)cc4)ccc3OCc3nnn[nH]3)c2)n1. The highest BCUT2D eigenvalue weighted by molar-refractivity contribution is 7.98. The van der Waals surface area contributed by atoms with Gasteiger partial charge in [-0.05, 0) is 95.8 Å². The van der Waals surface area contributed by atoms with Crippen molar-refractivity contribution in [2.45, 2.75) is 55.3 Å².